The standard InChI is InChI=1S/C19H17N2O6P/c1-2-26-28(24)19(14-11-25-16-10-6-4-8-13(16)17(14)23)21-20-18(27-28)12-7-3-5-9-15(12)22/h3-11,19,21-22H,2H2,1H3. The van der Waals surface area contributed by atoms with Crippen LogP contribution in [0, 0.1) is 0 Å². The molecule has 0 saturated heterocycles. The first-order valence-corrected chi connectivity index (χ1v) is 10.2. The minimum Gasteiger partial charge on any atom is -0.507 e. The van der Waals surface area contributed by atoms with Crippen LogP contribution in [0.15, 0.2) is 69.1 Å². The third-order valence-electron chi connectivity index (χ3n) is 4.26. The Bertz CT molecular complexity index is 1170. The molecule has 1 aliphatic heterocycles. The largest absolute Gasteiger partial charge is 0.507 e. The Morgan fingerprint density at radius 1 is 1.21 bits per heavy atom. The van der Waals surface area contributed by atoms with Crippen molar-refractivity contribution in [2.75, 3.05) is 6.61 Å². The van der Waals surface area contributed by atoms with Gasteiger partial charge in [0.1, 0.15) is 17.6 Å². The van der Waals surface area contributed by atoms with Crippen LogP contribution in [-0.2, 0) is 13.6 Å². The fourth-order valence-electron chi connectivity index (χ4n) is 2.95. The van der Waals surface area contributed by atoms with Gasteiger partial charge in [-0.15, -0.1) is 5.10 Å². The van der Waals surface area contributed by atoms with E-state index in [4.69, 9.17) is 13.5 Å². The van der Waals surface area contributed by atoms with Crippen LogP contribution in [0.3, 0.4) is 0 Å². The maximum Gasteiger partial charge on any atom is 0.408 e. The number of hydrogen-bond donors (Lipinski definition) is 2. The molecule has 2 N–H and O–H groups in total. The Morgan fingerprint density at radius 3 is 2.75 bits per heavy atom. The number of hydrazone groups is 1. The van der Waals surface area contributed by atoms with Crippen LogP contribution in [0.4, 0.5) is 0 Å². The minimum atomic E-state index is -3.90. The first-order valence-electron chi connectivity index (χ1n) is 8.59. The van der Waals surface area contributed by atoms with E-state index in [1.165, 1.54) is 12.3 Å². The summed E-state index contributed by atoms with van der Waals surface area (Å²) in [6.45, 7) is 1.75. The summed E-state index contributed by atoms with van der Waals surface area (Å²) in [7, 11) is -3.90. The predicted molar refractivity (Wildman–Crippen MR) is 103 cm³/mol. The Labute approximate surface area is 159 Å². The van der Waals surface area contributed by atoms with E-state index in [2.05, 4.69) is 10.5 Å². The molecule has 144 valence electrons. The van der Waals surface area contributed by atoms with Crippen LogP contribution in [0.5, 0.6) is 5.75 Å². The van der Waals surface area contributed by atoms with Gasteiger partial charge < -0.3 is 14.0 Å². The number of hydrogen-bond acceptors (Lipinski definition) is 8. The summed E-state index contributed by atoms with van der Waals surface area (Å²) in [6.07, 6.45) is 1.23. The lowest BCUT2D eigenvalue weighted by molar-refractivity contribution is 0.252. The summed E-state index contributed by atoms with van der Waals surface area (Å²) in [6, 6.07) is 13.1. The molecule has 2 aromatic carbocycles. The molecule has 9 heteroatoms. The van der Waals surface area contributed by atoms with E-state index in [1.54, 1.807) is 49.4 Å². The van der Waals surface area contributed by atoms with Gasteiger partial charge in [-0.05, 0) is 31.2 Å². The molecule has 2 heterocycles. The van der Waals surface area contributed by atoms with E-state index in [-0.39, 0.29) is 34.8 Å². The number of rotatable bonds is 4. The van der Waals surface area contributed by atoms with Crippen LogP contribution < -0.4 is 10.9 Å². The number of phenolic OH excluding ortho intramolecular Hbond substituents is 1. The maximum atomic E-state index is 13.5. The van der Waals surface area contributed by atoms with Crippen molar-refractivity contribution in [1.29, 1.82) is 0 Å². The zero-order chi connectivity index (χ0) is 19.7. The average molecular weight is 400 g/mol. The van der Waals surface area contributed by atoms with Gasteiger partial charge >= 0.3 is 7.60 Å². The molecule has 8 nitrogen and oxygen atoms in total. The van der Waals surface area contributed by atoms with Crippen molar-refractivity contribution in [1.82, 2.24) is 5.43 Å². The fourth-order valence-corrected chi connectivity index (χ4v) is 4.72. The third-order valence-corrected chi connectivity index (χ3v) is 6.33. The highest BCUT2D eigenvalue weighted by atomic mass is 31.2. The lowest BCUT2D eigenvalue weighted by Gasteiger charge is -2.30. The number of fused-ring (bicyclic) bond motifs is 1. The Hall–Kier alpha value is -3.09. The fraction of sp³-hybridized carbons (Fsp3) is 0.158. The summed E-state index contributed by atoms with van der Waals surface area (Å²) in [5.41, 5.74) is 3.08. The van der Waals surface area contributed by atoms with Crippen LogP contribution in [0.25, 0.3) is 11.0 Å². The highest BCUT2D eigenvalue weighted by molar-refractivity contribution is 7.54. The van der Waals surface area contributed by atoms with Crippen molar-refractivity contribution in [3.63, 3.8) is 0 Å². The second-order valence-electron chi connectivity index (χ2n) is 6.03. The van der Waals surface area contributed by atoms with Crippen LogP contribution in [0.1, 0.15) is 23.8 Å². The van der Waals surface area contributed by atoms with Crippen LogP contribution in [0.2, 0.25) is 0 Å². The molecule has 2 unspecified atom stereocenters. The number of nitrogens with one attached hydrogen (secondary N) is 1. The molecule has 1 aromatic heterocycles. The Balaban J connectivity index is 1.81. The number of phenols is 1. The van der Waals surface area contributed by atoms with Gasteiger partial charge in [0, 0.05) is 0 Å². The maximum absolute atomic E-state index is 13.5. The van der Waals surface area contributed by atoms with Gasteiger partial charge in [0.25, 0.3) is 0 Å². The number of para-hydroxylation sites is 2. The van der Waals surface area contributed by atoms with E-state index in [1.807, 2.05) is 0 Å². The van der Waals surface area contributed by atoms with Gasteiger partial charge in [-0.2, -0.15) is 0 Å². The second-order valence-corrected chi connectivity index (χ2v) is 8.07. The molecule has 0 fully saturated rings. The molecular formula is C19H17N2O6P. The van der Waals surface area contributed by atoms with Crippen molar-refractivity contribution < 1.29 is 23.1 Å². The SMILES string of the molecule is CCOP1(=O)OC(c2ccccc2O)=NNC1c1coc2ccccc2c1=O. The highest BCUT2D eigenvalue weighted by Gasteiger charge is 2.45. The quantitative estimate of drug-likeness (QED) is 0.643. The summed E-state index contributed by atoms with van der Waals surface area (Å²) < 4.78 is 30.0. The molecular weight excluding hydrogens is 383 g/mol. The van der Waals surface area contributed by atoms with E-state index >= 15 is 0 Å². The van der Waals surface area contributed by atoms with Crippen molar-refractivity contribution >= 4 is 24.5 Å². The van der Waals surface area contributed by atoms with Crippen molar-refractivity contribution in [2.45, 2.75) is 12.7 Å². The van der Waals surface area contributed by atoms with Crippen molar-refractivity contribution in [2.24, 2.45) is 5.10 Å². The van der Waals surface area contributed by atoms with Gasteiger partial charge in [-0.1, -0.05) is 24.3 Å². The van der Waals surface area contributed by atoms with Gasteiger partial charge in [0.2, 0.25) is 5.90 Å². The third kappa shape index (κ3) is 3.06. The predicted octanol–water partition coefficient (Wildman–Crippen LogP) is 3.71. The Kier molecular flexibility index (Phi) is 4.66. The number of nitrogens with zero attached hydrogens (tertiary/aromatic N) is 1. The topological polar surface area (TPSA) is 110 Å². The normalized spacial score (nSPS) is 21.6. The summed E-state index contributed by atoms with van der Waals surface area (Å²) >= 11 is 0. The first kappa shape index (κ1) is 18.3. The summed E-state index contributed by atoms with van der Waals surface area (Å²) in [4.78, 5) is 12.9. The van der Waals surface area contributed by atoms with E-state index in [0.717, 1.165) is 0 Å². The molecule has 0 amide bonds. The van der Waals surface area contributed by atoms with E-state index in [9.17, 15) is 14.5 Å². The smallest absolute Gasteiger partial charge is 0.408 e. The van der Waals surface area contributed by atoms with Crippen molar-refractivity contribution in [3.8, 4) is 5.75 Å². The average Bonchev–Trinajstić information content (AvgIpc) is 2.69. The molecule has 0 radical (unpaired) electrons. The van der Waals surface area contributed by atoms with E-state index < -0.39 is 13.4 Å². The first-order chi connectivity index (χ1) is 13.5. The van der Waals surface area contributed by atoms with Crippen LogP contribution >= 0.6 is 7.60 Å². The zero-order valence-electron chi connectivity index (χ0n) is 14.9. The van der Waals surface area contributed by atoms with Gasteiger partial charge in [-0.3, -0.25) is 14.7 Å². The van der Waals surface area contributed by atoms with E-state index in [0.29, 0.717) is 11.0 Å². The molecule has 1 aliphatic rings. The van der Waals surface area contributed by atoms with Gasteiger partial charge in [-0.25, -0.2) is 4.57 Å². The number of benzene rings is 2. The summed E-state index contributed by atoms with van der Waals surface area (Å²) in [5.74, 6) is -1.33. The molecule has 2 atom stereocenters. The lowest BCUT2D eigenvalue weighted by atomic mass is 10.2. The second kappa shape index (κ2) is 7.14. The Morgan fingerprint density at radius 2 is 1.96 bits per heavy atom. The highest BCUT2D eigenvalue weighted by Crippen LogP contribution is 2.61. The molecule has 28 heavy (non-hydrogen) atoms. The van der Waals surface area contributed by atoms with Crippen LogP contribution in [-0.4, -0.2) is 17.6 Å². The molecule has 3 aromatic rings. The molecule has 0 saturated carbocycles. The van der Waals surface area contributed by atoms with Gasteiger partial charge in [0.05, 0.1) is 23.1 Å². The monoisotopic (exact) mass is 400 g/mol. The summed E-state index contributed by atoms with van der Waals surface area (Å²) in [5, 5.41) is 14.4. The molecule has 0 spiro atoms. The number of aromatic hydroxyl groups is 1. The molecule has 4 rings (SSSR count). The molecule has 0 aliphatic carbocycles. The zero-order valence-corrected chi connectivity index (χ0v) is 15.8. The van der Waals surface area contributed by atoms with Crippen molar-refractivity contribution in [3.05, 3.63) is 76.1 Å². The van der Waals surface area contributed by atoms with Gasteiger partial charge in [0.15, 0.2) is 11.2 Å². The minimum absolute atomic E-state index is 0.0792. The molecule has 0 bridgehead atoms. The lowest BCUT2D eigenvalue weighted by Crippen LogP contribution is -2.31.